The van der Waals surface area contributed by atoms with Gasteiger partial charge in [0.1, 0.15) is 6.61 Å². The molecule has 1 saturated carbocycles. The summed E-state index contributed by atoms with van der Waals surface area (Å²) < 4.78 is 11.2. The highest BCUT2D eigenvalue weighted by atomic mass is 16.5. The molecule has 1 aromatic carbocycles. The summed E-state index contributed by atoms with van der Waals surface area (Å²) in [7, 11) is 1.59. The number of anilines is 1. The SMILES string of the molecule is COc1ccc(NC(=O)C[C@@H]2CCC[C@H]2N)cc1OCc1cccnc1. The van der Waals surface area contributed by atoms with Gasteiger partial charge in [0.15, 0.2) is 11.5 Å². The number of ether oxygens (including phenoxy) is 2. The molecule has 0 saturated heterocycles. The maximum atomic E-state index is 12.3. The highest BCUT2D eigenvalue weighted by Gasteiger charge is 2.26. The summed E-state index contributed by atoms with van der Waals surface area (Å²) in [5, 5.41) is 2.94. The molecule has 0 unspecified atom stereocenters. The molecule has 0 radical (unpaired) electrons. The van der Waals surface area contributed by atoms with Gasteiger partial charge < -0.3 is 20.5 Å². The second-order valence-corrected chi connectivity index (χ2v) is 6.62. The van der Waals surface area contributed by atoms with Crippen molar-refractivity contribution in [1.29, 1.82) is 0 Å². The minimum Gasteiger partial charge on any atom is -0.493 e. The van der Waals surface area contributed by atoms with Crippen LogP contribution < -0.4 is 20.5 Å². The molecule has 1 heterocycles. The number of carbonyl (C=O) groups is 1. The first kappa shape index (κ1) is 18.2. The van der Waals surface area contributed by atoms with Crippen LogP contribution in [0, 0.1) is 5.92 Å². The molecule has 138 valence electrons. The predicted molar refractivity (Wildman–Crippen MR) is 100 cm³/mol. The van der Waals surface area contributed by atoms with Gasteiger partial charge in [0.2, 0.25) is 5.91 Å². The highest BCUT2D eigenvalue weighted by Crippen LogP contribution is 2.32. The van der Waals surface area contributed by atoms with Crippen molar-refractivity contribution in [3.8, 4) is 11.5 Å². The van der Waals surface area contributed by atoms with E-state index in [1.165, 1.54) is 0 Å². The maximum absolute atomic E-state index is 12.3. The van der Waals surface area contributed by atoms with Gasteiger partial charge in [-0.25, -0.2) is 0 Å². The fourth-order valence-corrected chi connectivity index (χ4v) is 3.28. The smallest absolute Gasteiger partial charge is 0.224 e. The molecule has 6 heteroatoms. The van der Waals surface area contributed by atoms with Gasteiger partial charge in [-0.2, -0.15) is 0 Å². The number of pyridine rings is 1. The van der Waals surface area contributed by atoms with Crippen LogP contribution in [0.4, 0.5) is 5.69 Å². The molecule has 1 aliphatic carbocycles. The lowest BCUT2D eigenvalue weighted by atomic mass is 10.00. The molecule has 6 nitrogen and oxygen atoms in total. The number of hydrogen-bond donors (Lipinski definition) is 2. The minimum absolute atomic E-state index is 0.0178. The number of nitrogens with one attached hydrogen (secondary N) is 1. The van der Waals surface area contributed by atoms with Gasteiger partial charge in [0.05, 0.1) is 7.11 Å². The predicted octanol–water partition coefficient (Wildman–Crippen LogP) is 3.13. The molecule has 3 N–H and O–H groups in total. The maximum Gasteiger partial charge on any atom is 0.224 e. The lowest BCUT2D eigenvalue weighted by molar-refractivity contribution is -0.117. The van der Waals surface area contributed by atoms with Crippen molar-refractivity contribution in [2.45, 2.75) is 38.3 Å². The second kappa shape index (κ2) is 8.67. The van der Waals surface area contributed by atoms with Crippen LogP contribution in [-0.4, -0.2) is 24.0 Å². The number of aromatic nitrogens is 1. The minimum atomic E-state index is -0.0178. The Labute approximate surface area is 153 Å². The molecule has 0 aliphatic heterocycles. The number of nitrogens with two attached hydrogens (primary N) is 1. The summed E-state index contributed by atoms with van der Waals surface area (Å²) in [5.74, 6) is 1.45. The van der Waals surface area contributed by atoms with Crippen molar-refractivity contribution in [3.05, 3.63) is 48.3 Å². The summed E-state index contributed by atoms with van der Waals surface area (Å²) in [4.78, 5) is 16.4. The number of amides is 1. The normalized spacial score (nSPS) is 19.2. The Kier molecular flexibility index (Phi) is 6.07. The van der Waals surface area contributed by atoms with E-state index in [1.54, 1.807) is 31.6 Å². The van der Waals surface area contributed by atoms with Gasteiger partial charge >= 0.3 is 0 Å². The van der Waals surface area contributed by atoms with Gasteiger partial charge in [-0.1, -0.05) is 12.5 Å². The van der Waals surface area contributed by atoms with Crippen molar-refractivity contribution in [3.63, 3.8) is 0 Å². The molecule has 26 heavy (non-hydrogen) atoms. The Balaban J connectivity index is 1.63. The number of hydrogen-bond acceptors (Lipinski definition) is 5. The standard InChI is InChI=1S/C20H25N3O3/c1-25-18-8-7-16(23-20(24)10-15-5-2-6-17(15)21)11-19(18)26-13-14-4-3-9-22-12-14/h3-4,7-9,11-12,15,17H,2,5-6,10,13,21H2,1H3,(H,23,24)/t15-,17+/m0/s1. The summed E-state index contributed by atoms with van der Waals surface area (Å²) in [6, 6.07) is 9.31. The fourth-order valence-electron chi connectivity index (χ4n) is 3.28. The van der Waals surface area contributed by atoms with Crippen LogP contribution in [-0.2, 0) is 11.4 Å². The third kappa shape index (κ3) is 4.73. The molecule has 1 aromatic heterocycles. The van der Waals surface area contributed by atoms with E-state index in [9.17, 15) is 4.79 Å². The Bertz CT molecular complexity index is 736. The molecular weight excluding hydrogens is 330 g/mol. The molecule has 0 spiro atoms. The Morgan fingerprint density at radius 3 is 2.88 bits per heavy atom. The monoisotopic (exact) mass is 355 g/mol. The van der Waals surface area contributed by atoms with Crippen molar-refractivity contribution >= 4 is 11.6 Å². The van der Waals surface area contributed by atoms with Crippen LogP contribution in [0.15, 0.2) is 42.7 Å². The van der Waals surface area contributed by atoms with Crippen molar-refractivity contribution < 1.29 is 14.3 Å². The van der Waals surface area contributed by atoms with Gasteiger partial charge in [-0.3, -0.25) is 9.78 Å². The zero-order chi connectivity index (χ0) is 18.4. The van der Waals surface area contributed by atoms with E-state index < -0.39 is 0 Å². The van der Waals surface area contributed by atoms with Gasteiger partial charge in [0, 0.05) is 42.2 Å². The average Bonchev–Trinajstić information content (AvgIpc) is 3.05. The molecule has 1 amide bonds. The number of benzene rings is 1. The van der Waals surface area contributed by atoms with Crippen molar-refractivity contribution in [2.75, 3.05) is 12.4 Å². The molecule has 3 rings (SSSR count). The van der Waals surface area contributed by atoms with Crippen LogP contribution in [0.2, 0.25) is 0 Å². The number of rotatable bonds is 7. The third-order valence-corrected chi connectivity index (χ3v) is 4.73. The quantitative estimate of drug-likeness (QED) is 0.797. The van der Waals surface area contributed by atoms with Crippen LogP contribution in [0.3, 0.4) is 0 Å². The van der Waals surface area contributed by atoms with E-state index in [2.05, 4.69) is 10.3 Å². The van der Waals surface area contributed by atoms with Crippen LogP contribution in [0.1, 0.15) is 31.2 Å². The van der Waals surface area contributed by atoms with E-state index in [-0.39, 0.29) is 17.9 Å². The van der Waals surface area contributed by atoms with Crippen LogP contribution in [0.25, 0.3) is 0 Å². The van der Waals surface area contributed by atoms with Gasteiger partial charge in [-0.15, -0.1) is 0 Å². The summed E-state index contributed by atoms with van der Waals surface area (Å²) >= 11 is 0. The van der Waals surface area contributed by atoms with Crippen molar-refractivity contribution in [1.82, 2.24) is 4.98 Å². The molecule has 2 aromatic rings. The second-order valence-electron chi connectivity index (χ2n) is 6.62. The molecule has 0 bridgehead atoms. The summed E-state index contributed by atoms with van der Waals surface area (Å²) in [6.45, 7) is 0.374. The summed E-state index contributed by atoms with van der Waals surface area (Å²) in [6.07, 6.45) is 7.07. The number of nitrogens with zero attached hydrogens (tertiary/aromatic N) is 1. The number of methoxy groups -OCH3 is 1. The van der Waals surface area contributed by atoms with Crippen LogP contribution >= 0.6 is 0 Å². The largest absolute Gasteiger partial charge is 0.493 e. The molecule has 1 fully saturated rings. The lowest BCUT2D eigenvalue weighted by Gasteiger charge is -2.16. The Morgan fingerprint density at radius 2 is 2.19 bits per heavy atom. The first-order valence-corrected chi connectivity index (χ1v) is 8.91. The van der Waals surface area contributed by atoms with Gasteiger partial charge in [0.25, 0.3) is 0 Å². The Hall–Kier alpha value is -2.60. The first-order chi connectivity index (χ1) is 12.7. The van der Waals surface area contributed by atoms with E-state index in [1.807, 2.05) is 18.2 Å². The fraction of sp³-hybridized carbons (Fsp3) is 0.400. The average molecular weight is 355 g/mol. The topological polar surface area (TPSA) is 86.5 Å². The zero-order valence-corrected chi connectivity index (χ0v) is 15.0. The van der Waals surface area contributed by atoms with E-state index in [0.717, 1.165) is 24.8 Å². The van der Waals surface area contributed by atoms with E-state index >= 15 is 0 Å². The van der Waals surface area contributed by atoms with E-state index in [0.29, 0.717) is 30.2 Å². The number of carbonyl (C=O) groups excluding carboxylic acids is 1. The lowest BCUT2D eigenvalue weighted by Crippen LogP contribution is -2.28. The van der Waals surface area contributed by atoms with Crippen molar-refractivity contribution in [2.24, 2.45) is 11.7 Å². The zero-order valence-electron chi connectivity index (χ0n) is 15.0. The highest BCUT2D eigenvalue weighted by molar-refractivity contribution is 5.91. The Morgan fingerprint density at radius 1 is 1.31 bits per heavy atom. The van der Waals surface area contributed by atoms with Crippen LogP contribution in [0.5, 0.6) is 11.5 Å². The molecule has 2 atom stereocenters. The third-order valence-electron chi connectivity index (χ3n) is 4.73. The van der Waals surface area contributed by atoms with Gasteiger partial charge in [-0.05, 0) is 37.0 Å². The molecule has 1 aliphatic rings. The summed E-state index contributed by atoms with van der Waals surface area (Å²) in [5.41, 5.74) is 7.70. The first-order valence-electron chi connectivity index (χ1n) is 8.91. The van der Waals surface area contributed by atoms with E-state index in [4.69, 9.17) is 15.2 Å². The molecular formula is C20H25N3O3.